The minimum atomic E-state index is 0.0200. The third kappa shape index (κ3) is 3.72. The van der Waals surface area contributed by atoms with Crippen molar-refractivity contribution in [1.29, 1.82) is 0 Å². The maximum absolute atomic E-state index is 12.8. The lowest BCUT2D eigenvalue weighted by atomic mass is 10.0. The van der Waals surface area contributed by atoms with Gasteiger partial charge in [0, 0.05) is 25.4 Å². The number of likely N-dealkylation sites (tertiary alicyclic amines) is 2. The van der Waals surface area contributed by atoms with Gasteiger partial charge in [-0.3, -0.25) is 4.79 Å². The van der Waals surface area contributed by atoms with Crippen LogP contribution in [0.5, 0.6) is 5.75 Å². The van der Waals surface area contributed by atoms with Crippen molar-refractivity contribution in [3.8, 4) is 17.0 Å². The number of amides is 1. The number of hydrogen-bond acceptors (Lipinski definition) is 4. The molecule has 2 atom stereocenters. The van der Waals surface area contributed by atoms with Gasteiger partial charge in [-0.25, -0.2) is 4.98 Å². The number of nitrogens with one attached hydrogen (secondary N) is 1. The Morgan fingerprint density at radius 2 is 2.07 bits per heavy atom. The number of ether oxygens (including phenoxy) is 1. The Hall–Kier alpha value is -2.34. The van der Waals surface area contributed by atoms with Crippen LogP contribution in [0.2, 0.25) is 0 Å². The molecule has 6 heteroatoms. The minimum Gasteiger partial charge on any atom is -0.497 e. The number of piperidine rings is 1. The summed E-state index contributed by atoms with van der Waals surface area (Å²) in [6, 6.07) is 7.90. The second-order valence-electron chi connectivity index (χ2n) is 7.66. The van der Waals surface area contributed by atoms with Crippen molar-refractivity contribution in [3.63, 3.8) is 0 Å². The van der Waals surface area contributed by atoms with Gasteiger partial charge in [0.1, 0.15) is 11.6 Å². The first-order chi connectivity index (χ1) is 13.2. The standard InChI is InChI=1S/C21H28N4O2/c1-24-19(12-16(21(24)26)14-25-9-4-3-5-10-25)20-22-13-18(23-20)15-7-6-8-17(11-15)27-2/h6-8,11,13,16,19H,3-5,9-10,12,14H2,1-2H3,(H,22,23)/t16-,19+/m0/s1. The number of aromatic amines is 1. The van der Waals surface area contributed by atoms with Crippen LogP contribution >= 0.6 is 0 Å². The van der Waals surface area contributed by atoms with E-state index < -0.39 is 0 Å². The lowest BCUT2D eigenvalue weighted by Crippen LogP contribution is -2.37. The van der Waals surface area contributed by atoms with Gasteiger partial charge in [0.05, 0.1) is 24.8 Å². The maximum Gasteiger partial charge on any atom is 0.227 e. The first kappa shape index (κ1) is 18.0. The predicted octanol–water partition coefficient (Wildman–Crippen LogP) is 3.09. The largest absolute Gasteiger partial charge is 0.497 e. The molecule has 0 spiro atoms. The minimum absolute atomic E-state index is 0.0200. The Labute approximate surface area is 160 Å². The van der Waals surface area contributed by atoms with Gasteiger partial charge in [0.2, 0.25) is 5.91 Å². The number of hydrogen-bond donors (Lipinski definition) is 1. The molecule has 3 heterocycles. The second kappa shape index (κ2) is 7.72. The third-order valence-corrected chi connectivity index (χ3v) is 5.88. The molecule has 2 saturated heterocycles. The van der Waals surface area contributed by atoms with Crippen LogP contribution in [0, 0.1) is 5.92 Å². The van der Waals surface area contributed by atoms with Crippen LogP contribution in [0.4, 0.5) is 0 Å². The number of methoxy groups -OCH3 is 1. The Morgan fingerprint density at radius 3 is 2.85 bits per heavy atom. The zero-order valence-electron chi connectivity index (χ0n) is 16.1. The zero-order valence-corrected chi connectivity index (χ0v) is 16.1. The normalized spacial score (nSPS) is 23.8. The van der Waals surface area contributed by atoms with Crippen molar-refractivity contribution in [1.82, 2.24) is 19.8 Å². The number of imidazole rings is 1. The Bertz CT molecular complexity index is 797. The van der Waals surface area contributed by atoms with E-state index in [1.165, 1.54) is 19.3 Å². The van der Waals surface area contributed by atoms with Crippen LogP contribution < -0.4 is 4.74 Å². The molecule has 2 aliphatic rings. The maximum atomic E-state index is 12.8. The van der Waals surface area contributed by atoms with E-state index in [0.717, 1.165) is 48.9 Å². The monoisotopic (exact) mass is 368 g/mol. The summed E-state index contributed by atoms with van der Waals surface area (Å²) >= 11 is 0. The summed E-state index contributed by atoms with van der Waals surface area (Å²) in [4.78, 5) is 25.2. The molecule has 2 aromatic rings. The average molecular weight is 368 g/mol. The highest BCUT2D eigenvalue weighted by Crippen LogP contribution is 2.35. The molecule has 0 radical (unpaired) electrons. The smallest absolute Gasteiger partial charge is 0.227 e. The number of H-pyrrole nitrogens is 1. The molecule has 0 saturated carbocycles. The summed E-state index contributed by atoms with van der Waals surface area (Å²) in [6.07, 6.45) is 6.57. The zero-order chi connectivity index (χ0) is 18.8. The number of benzene rings is 1. The van der Waals surface area contributed by atoms with Gasteiger partial charge < -0.3 is 19.5 Å². The van der Waals surface area contributed by atoms with Gasteiger partial charge in [-0.15, -0.1) is 0 Å². The molecule has 2 fully saturated rings. The molecule has 1 amide bonds. The first-order valence-corrected chi connectivity index (χ1v) is 9.84. The van der Waals surface area contributed by atoms with E-state index in [4.69, 9.17) is 9.72 Å². The fourth-order valence-corrected chi connectivity index (χ4v) is 4.31. The molecular weight excluding hydrogens is 340 g/mol. The summed E-state index contributed by atoms with van der Waals surface area (Å²) in [5, 5.41) is 0. The van der Waals surface area contributed by atoms with Crippen molar-refractivity contribution in [2.75, 3.05) is 33.8 Å². The predicted molar refractivity (Wildman–Crippen MR) is 104 cm³/mol. The molecule has 2 aliphatic heterocycles. The molecule has 0 unspecified atom stereocenters. The lowest BCUT2D eigenvalue weighted by Gasteiger charge is -2.28. The van der Waals surface area contributed by atoms with Crippen LogP contribution in [-0.2, 0) is 4.79 Å². The van der Waals surface area contributed by atoms with Crippen LogP contribution in [0.25, 0.3) is 11.3 Å². The molecule has 1 N–H and O–H groups in total. The number of carbonyl (C=O) groups is 1. The van der Waals surface area contributed by atoms with Crippen molar-refractivity contribution in [3.05, 3.63) is 36.3 Å². The summed E-state index contributed by atoms with van der Waals surface area (Å²) < 4.78 is 5.30. The van der Waals surface area contributed by atoms with Gasteiger partial charge in [-0.1, -0.05) is 18.6 Å². The average Bonchev–Trinajstić information content (AvgIpc) is 3.30. The van der Waals surface area contributed by atoms with Crippen molar-refractivity contribution < 1.29 is 9.53 Å². The van der Waals surface area contributed by atoms with Gasteiger partial charge in [0.15, 0.2) is 0 Å². The molecule has 144 valence electrons. The van der Waals surface area contributed by atoms with Crippen molar-refractivity contribution in [2.24, 2.45) is 5.92 Å². The molecule has 0 bridgehead atoms. The van der Waals surface area contributed by atoms with E-state index in [0.29, 0.717) is 0 Å². The highest BCUT2D eigenvalue weighted by Gasteiger charge is 2.40. The molecule has 27 heavy (non-hydrogen) atoms. The summed E-state index contributed by atoms with van der Waals surface area (Å²) in [6.45, 7) is 3.13. The number of nitrogens with zero attached hydrogens (tertiary/aromatic N) is 3. The molecular formula is C21H28N4O2. The summed E-state index contributed by atoms with van der Waals surface area (Å²) in [7, 11) is 3.56. The fraction of sp³-hybridized carbons (Fsp3) is 0.524. The third-order valence-electron chi connectivity index (χ3n) is 5.88. The SMILES string of the molecule is COc1cccc(-c2c[nH]c([C@H]3C[C@@H](CN4CCCCC4)C(=O)N3C)n2)c1. The van der Waals surface area contributed by atoms with Gasteiger partial charge >= 0.3 is 0 Å². The van der Waals surface area contributed by atoms with Crippen molar-refractivity contribution >= 4 is 5.91 Å². The van der Waals surface area contributed by atoms with Gasteiger partial charge in [-0.05, 0) is 44.5 Å². The van der Waals surface area contributed by atoms with Gasteiger partial charge in [0.25, 0.3) is 0 Å². The van der Waals surface area contributed by atoms with Crippen LogP contribution in [-0.4, -0.2) is 59.5 Å². The van der Waals surface area contributed by atoms with E-state index in [1.54, 1.807) is 7.11 Å². The van der Waals surface area contributed by atoms with E-state index in [9.17, 15) is 4.79 Å². The highest BCUT2D eigenvalue weighted by atomic mass is 16.5. The number of carbonyl (C=O) groups excluding carboxylic acids is 1. The molecule has 1 aromatic carbocycles. The van der Waals surface area contributed by atoms with Crippen LogP contribution in [0.1, 0.15) is 37.5 Å². The fourth-order valence-electron chi connectivity index (χ4n) is 4.31. The number of aromatic nitrogens is 2. The first-order valence-electron chi connectivity index (χ1n) is 9.84. The Morgan fingerprint density at radius 1 is 1.26 bits per heavy atom. The Balaban J connectivity index is 1.48. The summed E-state index contributed by atoms with van der Waals surface area (Å²) in [5.41, 5.74) is 1.89. The van der Waals surface area contributed by atoms with E-state index >= 15 is 0 Å². The van der Waals surface area contributed by atoms with E-state index in [-0.39, 0.29) is 17.9 Å². The topological polar surface area (TPSA) is 61.5 Å². The van der Waals surface area contributed by atoms with Crippen LogP contribution in [0.15, 0.2) is 30.5 Å². The molecule has 1 aromatic heterocycles. The second-order valence-corrected chi connectivity index (χ2v) is 7.66. The van der Waals surface area contributed by atoms with Crippen LogP contribution in [0.3, 0.4) is 0 Å². The Kier molecular flexibility index (Phi) is 5.16. The lowest BCUT2D eigenvalue weighted by molar-refractivity contribution is -0.131. The molecule has 0 aliphatic carbocycles. The molecule has 4 rings (SSSR count). The number of rotatable bonds is 5. The van der Waals surface area contributed by atoms with Crippen molar-refractivity contribution in [2.45, 2.75) is 31.7 Å². The summed E-state index contributed by atoms with van der Waals surface area (Å²) in [5.74, 6) is 1.99. The van der Waals surface area contributed by atoms with Gasteiger partial charge in [-0.2, -0.15) is 0 Å². The molecule has 6 nitrogen and oxygen atoms in total. The van der Waals surface area contributed by atoms with E-state index in [1.807, 2.05) is 42.4 Å². The quantitative estimate of drug-likeness (QED) is 0.881. The van der Waals surface area contributed by atoms with E-state index in [2.05, 4.69) is 9.88 Å². The highest BCUT2D eigenvalue weighted by molar-refractivity contribution is 5.81.